The largest absolute Gasteiger partial charge is 0.310 e. The minimum Gasteiger partial charge on any atom is -0.310 e. The third kappa shape index (κ3) is 5.66. The number of nitrogens with zero attached hydrogens (tertiary/aromatic N) is 1. The zero-order valence-electron chi connectivity index (χ0n) is 21.1. The van der Waals surface area contributed by atoms with Gasteiger partial charge in [0.15, 0.2) is 0 Å². The summed E-state index contributed by atoms with van der Waals surface area (Å²) < 4.78 is 29.0. The smallest absolute Gasteiger partial charge is 0.142 e. The molecular formula is C33H31F2N. The van der Waals surface area contributed by atoms with Crippen LogP contribution in [-0.4, -0.2) is 0 Å². The first-order chi connectivity index (χ1) is 17.5. The Bertz CT molecular complexity index is 1320. The van der Waals surface area contributed by atoms with E-state index in [-0.39, 0.29) is 5.56 Å². The molecular weight excluding hydrogens is 448 g/mol. The molecule has 0 spiro atoms. The van der Waals surface area contributed by atoms with Crippen LogP contribution in [0.2, 0.25) is 0 Å². The minimum atomic E-state index is -0.648. The van der Waals surface area contributed by atoms with E-state index in [9.17, 15) is 8.78 Å². The van der Waals surface area contributed by atoms with Gasteiger partial charge in [-0.1, -0.05) is 69.0 Å². The maximum atomic E-state index is 14.5. The molecule has 0 amide bonds. The van der Waals surface area contributed by atoms with Crippen LogP contribution >= 0.6 is 0 Å². The molecule has 0 bridgehead atoms. The molecule has 0 aliphatic heterocycles. The summed E-state index contributed by atoms with van der Waals surface area (Å²) in [6, 6.07) is 27.8. The molecule has 0 saturated heterocycles. The Hall–Kier alpha value is -3.90. The molecule has 0 unspecified atom stereocenters. The van der Waals surface area contributed by atoms with Gasteiger partial charge in [0, 0.05) is 17.1 Å². The van der Waals surface area contributed by atoms with Crippen LogP contribution in [0.3, 0.4) is 0 Å². The highest BCUT2D eigenvalue weighted by atomic mass is 19.1. The lowest BCUT2D eigenvalue weighted by Gasteiger charge is -2.26. The van der Waals surface area contributed by atoms with Crippen LogP contribution < -0.4 is 4.90 Å². The lowest BCUT2D eigenvalue weighted by molar-refractivity contribution is 0.578. The highest BCUT2D eigenvalue weighted by Gasteiger charge is 2.15. The molecule has 1 nitrogen and oxygen atoms in total. The van der Waals surface area contributed by atoms with Crippen LogP contribution in [0.15, 0.2) is 84.9 Å². The Morgan fingerprint density at radius 2 is 1.17 bits per heavy atom. The summed E-state index contributed by atoms with van der Waals surface area (Å²) in [6.07, 6.45) is 4.21. The summed E-state index contributed by atoms with van der Waals surface area (Å²) >= 11 is 0. The molecule has 0 radical (unpaired) electrons. The van der Waals surface area contributed by atoms with E-state index in [1.807, 2.05) is 24.3 Å². The molecule has 0 N–H and O–H groups in total. The fraction of sp³-hybridized carbons (Fsp3) is 0.212. The number of hydrogen-bond donors (Lipinski definition) is 0. The first-order valence-electron chi connectivity index (χ1n) is 12.5. The van der Waals surface area contributed by atoms with Crippen molar-refractivity contribution in [2.75, 3.05) is 4.90 Å². The zero-order valence-corrected chi connectivity index (χ0v) is 21.1. The van der Waals surface area contributed by atoms with Gasteiger partial charge >= 0.3 is 0 Å². The topological polar surface area (TPSA) is 3.24 Å². The lowest BCUT2D eigenvalue weighted by atomic mass is 10.0. The van der Waals surface area contributed by atoms with Crippen molar-refractivity contribution < 1.29 is 8.78 Å². The molecule has 0 aliphatic carbocycles. The van der Waals surface area contributed by atoms with Gasteiger partial charge in [-0.2, -0.15) is 0 Å². The van der Waals surface area contributed by atoms with Crippen LogP contribution in [0.4, 0.5) is 25.8 Å². The Balaban J connectivity index is 1.77. The quantitative estimate of drug-likeness (QED) is 0.228. The molecule has 0 heterocycles. The Morgan fingerprint density at radius 1 is 0.639 bits per heavy atom. The van der Waals surface area contributed by atoms with Crippen molar-refractivity contribution in [3.8, 4) is 23.0 Å². The van der Waals surface area contributed by atoms with Crippen molar-refractivity contribution >= 4 is 17.1 Å². The van der Waals surface area contributed by atoms with Crippen molar-refractivity contribution in [1.29, 1.82) is 0 Å². The highest BCUT2D eigenvalue weighted by molar-refractivity contribution is 5.79. The summed E-state index contributed by atoms with van der Waals surface area (Å²) in [4.78, 5) is 2.24. The predicted octanol–water partition coefficient (Wildman–Crippen LogP) is 9.38. The summed E-state index contributed by atoms with van der Waals surface area (Å²) in [5.41, 5.74) is 6.78. The third-order valence-electron chi connectivity index (χ3n) is 6.17. The van der Waals surface area contributed by atoms with Crippen LogP contribution in [0, 0.1) is 23.5 Å². The van der Waals surface area contributed by atoms with Gasteiger partial charge in [-0.3, -0.25) is 0 Å². The number of benzene rings is 4. The molecule has 4 aromatic carbocycles. The first-order valence-corrected chi connectivity index (χ1v) is 12.5. The van der Waals surface area contributed by atoms with Crippen molar-refractivity contribution in [2.45, 2.75) is 46.5 Å². The molecule has 4 aromatic rings. The minimum absolute atomic E-state index is 0.192. The number of anilines is 3. The van der Waals surface area contributed by atoms with E-state index >= 15 is 0 Å². The zero-order chi connectivity index (χ0) is 25.5. The lowest BCUT2D eigenvalue weighted by Crippen LogP contribution is -2.10. The van der Waals surface area contributed by atoms with E-state index < -0.39 is 11.6 Å². The summed E-state index contributed by atoms with van der Waals surface area (Å²) in [7, 11) is 0. The van der Waals surface area contributed by atoms with E-state index in [0.29, 0.717) is 5.56 Å². The molecule has 0 aromatic heterocycles. The van der Waals surface area contributed by atoms with Crippen LogP contribution in [0.1, 0.15) is 50.3 Å². The predicted molar refractivity (Wildman–Crippen MR) is 147 cm³/mol. The Labute approximate surface area is 213 Å². The van der Waals surface area contributed by atoms with Gasteiger partial charge in [-0.05, 0) is 90.6 Å². The maximum absolute atomic E-state index is 14.5. The van der Waals surface area contributed by atoms with Crippen molar-refractivity contribution in [1.82, 2.24) is 0 Å². The van der Waals surface area contributed by atoms with E-state index in [1.54, 1.807) is 6.92 Å². The van der Waals surface area contributed by atoms with E-state index in [0.717, 1.165) is 48.3 Å². The standard InChI is InChI=1S/C33H31F2N/c1-4-9-24-12-7-14-29(20-24)36(30-15-8-13-25(21-30)10-5-2)28-18-16-26(17-19-28)27-22-32(34)31(11-6-3)33(35)23-27/h7-8,12-23H,4-5,9-10H2,1-3H3. The van der Waals surface area contributed by atoms with Gasteiger partial charge in [0.05, 0.1) is 5.56 Å². The second-order valence-corrected chi connectivity index (χ2v) is 8.91. The third-order valence-corrected chi connectivity index (χ3v) is 6.17. The fourth-order valence-electron chi connectivity index (χ4n) is 4.51. The van der Waals surface area contributed by atoms with Gasteiger partial charge in [-0.25, -0.2) is 8.78 Å². The van der Waals surface area contributed by atoms with Gasteiger partial charge in [0.1, 0.15) is 11.6 Å². The summed E-state index contributed by atoms with van der Waals surface area (Å²) in [5, 5.41) is 0. The maximum Gasteiger partial charge on any atom is 0.142 e. The number of rotatable bonds is 8. The van der Waals surface area contributed by atoms with Crippen molar-refractivity contribution in [3.63, 3.8) is 0 Å². The fourth-order valence-corrected chi connectivity index (χ4v) is 4.51. The monoisotopic (exact) mass is 479 g/mol. The highest BCUT2D eigenvalue weighted by Crippen LogP contribution is 2.37. The van der Waals surface area contributed by atoms with E-state index in [1.165, 1.54) is 23.3 Å². The van der Waals surface area contributed by atoms with E-state index in [2.05, 4.69) is 79.1 Å². The van der Waals surface area contributed by atoms with Crippen LogP contribution in [0.5, 0.6) is 0 Å². The van der Waals surface area contributed by atoms with Gasteiger partial charge in [0.2, 0.25) is 0 Å². The number of hydrogen-bond acceptors (Lipinski definition) is 1. The first kappa shape index (κ1) is 25.2. The second kappa shape index (κ2) is 11.7. The van der Waals surface area contributed by atoms with Gasteiger partial charge in [-0.15, -0.1) is 5.92 Å². The van der Waals surface area contributed by atoms with Crippen molar-refractivity contribution in [3.05, 3.63) is 113 Å². The van der Waals surface area contributed by atoms with Gasteiger partial charge < -0.3 is 4.90 Å². The summed E-state index contributed by atoms with van der Waals surface area (Å²) in [6.45, 7) is 5.93. The summed E-state index contributed by atoms with van der Waals surface area (Å²) in [5.74, 6) is 3.77. The molecule has 36 heavy (non-hydrogen) atoms. The van der Waals surface area contributed by atoms with Crippen LogP contribution in [0.25, 0.3) is 11.1 Å². The Morgan fingerprint density at radius 3 is 1.64 bits per heavy atom. The molecule has 182 valence electrons. The molecule has 0 saturated carbocycles. The number of aryl methyl sites for hydroxylation is 2. The SMILES string of the molecule is CC#Cc1c(F)cc(-c2ccc(N(c3cccc(CCC)c3)c3cccc(CCC)c3)cc2)cc1F. The van der Waals surface area contributed by atoms with Crippen LogP contribution in [-0.2, 0) is 12.8 Å². The normalized spacial score (nSPS) is 10.6. The second-order valence-electron chi connectivity index (χ2n) is 8.91. The average Bonchev–Trinajstić information content (AvgIpc) is 2.88. The molecule has 0 fully saturated rings. The average molecular weight is 480 g/mol. The molecule has 4 rings (SSSR count). The van der Waals surface area contributed by atoms with E-state index in [4.69, 9.17) is 0 Å². The molecule has 0 atom stereocenters. The molecule has 0 aliphatic rings. The van der Waals surface area contributed by atoms with Crippen molar-refractivity contribution in [2.24, 2.45) is 0 Å². The number of halogens is 2. The molecule has 3 heteroatoms. The van der Waals surface area contributed by atoms with Gasteiger partial charge in [0.25, 0.3) is 0 Å². The Kier molecular flexibility index (Phi) is 8.18.